The number of halogens is 3. The summed E-state index contributed by atoms with van der Waals surface area (Å²) in [4.78, 5) is 15.3. The Balaban J connectivity index is 0. The van der Waals surface area contributed by atoms with Gasteiger partial charge in [-0.25, -0.2) is 4.57 Å². The quantitative estimate of drug-likeness (QED) is 0.467. The molecule has 2 N–H and O–H groups in total. The standard InChI is InChI=1S/C6H12Cl3O4P.CH5O3P/c7-1-4-11-14(10,12-5-2-8)13-6-3-9;1-5(2,3)4/h1-6H2;1H3,(H2,2,3,4). The maximum atomic E-state index is 11.6. The Labute approximate surface area is 127 Å². The maximum absolute atomic E-state index is 11.6. The molecular weight excluding hydrogens is 364 g/mol. The lowest BCUT2D eigenvalue weighted by atomic mass is 10.9. The van der Waals surface area contributed by atoms with Crippen LogP contribution >= 0.6 is 50.2 Å². The van der Waals surface area contributed by atoms with Gasteiger partial charge in [-0.3, -0.25) is 18.1 Å². The first kappa shape index (κ1) is 22.4. The van der Waals surface area contributed by atoms with Crippen molar-refractivity contribution in [2.24, 2.45) is 0 Å². The van der Waals surface area contributed by atoms with Crippen molar-refractivity contribution in [1.82, 2.24) is 0 Å². The summed E-state index contributed by atoms with van der Waals surface area (Å²) < 4.78 is 35.5. The lowest BCUT2D eigenvalue weighted by Gasteiger charge is -2.16. The third-order valence-corrected chi connectivity index (χ3v) is 2.94. The summed E-state index contributed by atoms with van der Waals surface area (Å²) >= 11 is 16.1. The van der Waals surface area contributed by atoms with Crippen LogP contribution in [0.25, 0.3) is 0 Å². The molecule has 19 heavy (non-hydrogen) atoms. The molecule has 7 nitrogen and oxygen atoms in total. The molecule has 0 heterocycles. The fraction of sp³-hybridized carbons (Fsp3) is 1.00. The van der Waals surface area contributed by atoms with E-state index in [0.717, 1.165) is 6.66 Å². The van der Waals surface area contributed by atoms with E-state index in [-0.39, 0.29) is 37.5 Å². The van der Waals surface area contributed by atoms with Crippen LogP contribution in [0.2, 0.25) is 0 Å². The highest BCUT2D eigenvalue weighted by atomic mass is 35.5. The first-order valence-corrected chi connectivity index (χ1v) is 10.1. The molecule has 0 amide bonds. The van der Waals surface area contributed by atoms with Gasteiger partial charge in [0, 0.05) is 24.3 Å². The molecule has 0 spiro atoms. The summed E-state index contributed by atoms with van der Waals surface area (Å²) in [5.41, 5.74) is 0. The minimum Gasteiger partial charge on any atom is -0.325 e. The molecule has 0 aliphatic rings. The highest BCUT2D eigenvalue weighted by molar-refractivity contribution is 7.50. The fourth-order valence-corrected chi connectivity index (χ4v) is 2.27. The Kier molecular flexibility index (Phi) is 15.1. The van der Waals surface area contributed by atoms with Crippen LogP contribution in [-0.4, -0.2) is 53.9 Å². The number of hydrogen-bond donors (Lipinski definition) is 2. The molecule has 0 aliphatic carbocycles. The first-order chi connectivity index (χ1) is 8.68. The molecular formula is C7H17Cl3O7P2. The first-order valence-electron chi connectivity index (χ1n) is 4.93. The van der Waals surface area contributed by atoms with Crippen molar-refractivity contribution in [3.05, 3.63) is 0 Å². The molecule has 0 bridgehead atoms. The molecule has 0 aromatic carbocycles. The average Bonchev–Trinajstić information content (AvgIpc) is 2.30. The van der Waals surface area contributed by atoms with Crippen LogP contribution < -0.4 is 0 Å². The van der Waals surface area contributed by atoms with E-state index in [1.165, 1.54) is 0 Å². The van der Waals surface area contributed by atoms with E-state index < -0.39 is 15.4 Å². The molecule has 0 unspecified atom stereocenters. The van der Waals surface area contributed by atoms with Gasteiger partial charge in [0.2, 0.25) is 0 Å². The summed E-state index contributed by atoms with van der Waals surface area (Å²) in [7, 11) is -7.16. The van der Waals surface area contributed by atoms with Crippen LogP contribution in [-0.2, 0) is 22.7 Å². The summed E-state index contributed by atoms with van der Waals surface area (Å²) in [6.07, 6.45) is 0. The van der Waals surface area contributed by atoms with Crippen molar-refractivity contribution in [2.75, 3.05) is 44.1 Å². The van der Waals surface area contributed by atoms with Crippen LogP contribution in [0.4, 0.5) is 0 Å². The highest BCUT2D eigenvalue weighted by Gasteiger charge is 2.25. The van der Waals surface area contributed by atoms with E-state index in [0.29, 0.717) is 0 Å². The normalized spacial score (nSPS) is 11.9. The maximum Gasteiger partial charge on any atom is 0.474 e. The topological polar surface area (TPSA) is 102 Å². The van der Waals surface area contributed by atoms with Gasteiger partial charge < -0.3 is 9.79 Å². The zero-order valence-corrected chi connectivity index (χ0v) is 14.3. The Hall–Kier alpha value is 1.13. The molecule has 0 aromatic heterocycles. The zero-order chi connectivity index (χ0) is 15.4. The van der Waals surface area contributed by atoms with Crippen LogP contribution in [0.1, 0.15) is 0 Å². The number of alkyl halides is 3. The summed E-state index contributed by atoms with van der Waals surface area (Å²) in [5.74, 6) is 0.620. The molecule has 0 saturated heterocycles. The number of phosphoric acid groups is 1. The predicted molar refractivity (Wildman–Crippen MR) is 75.6 cm³/mol. The van der Waals surface area contributed by atoms with Crippen LogP contribution in [0, 0.1) is 0 Å². The van der Waals surface area contributed by atoms with Crippen molar-refractivity contribution in [1.29, 1.82) is 0 Å². The Morgan fingerprint density at radius 3 is 1.21 bits per heavy atom. The second-order valence-corrected chi connectivity index (χ2v) is 7.32. The largest absolute Gasteiger partial charge is 0.474 e. The minimum atomic E-state index is -3.64. The lowest BCUT2D eigenvalue weighted by Crippen LogP contribution is -2.05. The Morgan fingerprint density at radius 1 is 0.842 bits per heavy atom. The smallest absolute Gasteiger partial charge is 0.325 e. The third-order valence-electron chi connectivity index (χ3n) is 0.980. The second-order valence-electron chi connectivity index (χ2n) is 2.85. The van der Waals surface area contributed by atoms with Gasteiger partial charge in [-0.05, 0) is 0 Å². The van der Waals surface area contributed by atoms with E-state index in [1.807, 2.05) is 0 Å². The summed E-state index contributed by atoms with van der Waals surface area (Å²) in [6.45, 7) is 1.11. The fourth-order valence-electron chi connectivity index (χ4n) is 0.551. The van der Waals surface area contributed by atoms with Crippen LogP contribution in [0.5, 0.6) is 0 Å². The van der Waals surface area contributed by atoms with Gasteiger partial charge in [0.05, 0.1) is 19.8 Å². The third kappa shape index (κ3) is 21.6. The molecule has 0 saturated carbocycles. The molecule has 12 heteroatoms. The average molecular weight is 382 g/mol. The Bertz CT molecular complexity index is 262. The van der Waals surface area contributed by atoms with Gasteiger partial charge in [-0.1, -0.05) is 0 Å². The van der Waals surface area contributed by atoms with Crippen molar-refractivity contribution in [3.8, 4) is 0 Å². The van der Waals surface area contributed by atoms with E-state index in [9.17, 15) is 9.13 Å². The van der Waals surface area contributed by atoms with Gasteiger partial charge in [-0.15, -0.1) is 34.8 Å². The van der Waals surface area contributed by atoms with Gasteiger partial charge >= 0.3 is 15.4 Å². The summed E-state index contributed by atoms with van der Waals surface area (Å²) in [5, 5.41) is 0. The second kappa shape index (κ2) is 12.8. The van der Waals surface area contributed by atoms with Gasteiger partial charge in [0.15, 0.2) is 0 Å². The SMILES string of the molecule is CP(=O)(O)O.O=P(OCCCl)(OCCCl)OCCCl. The van der Waals surface area contributed by atoms with E-state index >= 15 is 0 Å². The monoisotopic (exact) mass is 380 g/mol. The van der Waals surface area contributed by atoms with Crippen molar-refractivity contribution >= 4 is 50.2 Å². The van der Waals surface area contributed by atoms with E-state index in [2.05, 4.69) is 0 Å². The highest BCUT2D eigenvalue weighted by Crippen LogP contribution is 2.49. The summed E-state index contributed by atoms with van der Waals surface area (Å²) in [6, 6.07) is 0. The number of hydrogen-bond acceptors (Lipinski definition) is 5. The molecule has 0 atom stereocenters. The van der Waals surface area contributed by atoms with Crippen molar-refractivity contribution in [2.45, 2.75) is 0 Å². The minimum absolute atomic E-state index is 0.0867. The van der Waals surface area contributed by atoms with Gasteiger partial charge in [0.25, 0.3) is 0 Å². The van der Waals surface area contributed by atoms with Gasteiger partial charge in [0.1, 0.15) is 0 Å². The van der Waals surface area contributed by atoms with Crippen LogP contribution in [0.15, 0.2) is 0 Å². The molecule has 118 valence electrons. The van der Waals surface area contributed by atoms with Crippen molar-refractivity contribution in [3.63, 3.8) is 0 Å². The molecule has 0 radical (unpaired) electrons. The van der Waals surface area contributed by atoms with Crippen molar-refractivity contribution < 1.29 is 32.5 Å². The molecule has 0 aliphatic heterocycles. The predicted octanol–water partition coefficient (Wildman–Crippen LogP) is 2.65. The number of phosphoric ester groups is 1. The lowest BCUT2D eigenvalue weighted by molar-refractivity contribution is 0.128. The molecule has 0 aromatic rings. The van der Waals surface area contributed by atoms with E-state index in [4.69, 9.17) is 58.2 Å². The molecule has 0 rings (SSSR count). The van der Waals surface area contributed by atoms with Crippen LogP contribution in [0.3, 0.4) is 0 Å². The van der Waals surface area contributed by atoms with E-state index in [1.54, 1.807) is 0 Å². The zero-order valence-electron chi connectivity index (χ0n) is 10.2. The van der Waals surface area contributed by atoms with Gasteiger partial charge in [-0.2, -0.15) is 0 Å². The number of rotatable bonds is 9. The molecule has 0 fully saturated rings. The Morgan fingerprint density at radius 2 is 1.05 bits per heavy atom.